The first kappa shape index (κ1) is 22.8. The molecule has 2 aliphatic rings. The molecule has 2 unspecified atom stereocenters. The molecule has 2 atom stereocenters. The highest BCUT2D eigenvalue weighted by Crippen LogP contribution is 2.27. The number of hydrogen-bond acceptors (Lipinski definition) is 4. The van der Waals surface area contributed by atoms with Crippen LogP contribution in [-0.4, -0.2) is 58.5 Å². The minimum atomic E-state index is -0.632. The molecule has 2 N–H and O–H groups in total. The van der Waals surface area contributed by atoms with Gasteiger partial charge in [0.1, 0.15) is 6.04 Å². The van der Waals surface area contributed by atoms with Gasteiger partial charge in [-0.25, -0.2) is 4.98 Å². The van der Waals surface area contributed by atoms with E-state index in [1.807, 2.05) is 31.9 Å². The summed E-state index contributed by atoms with van der Waals surface area (Å²) < 4.78 is 6.14. The highest BCUT2D eigenvalue weighted by Gasteiger charge is 2.34. The topological polar surface area (TPSA) is 87.3 Å². The average molecular weight is 419 g/mol. The van der Waals surface area contributed by atoms with Crippen molar-refractivity contribution < 1.29 is 14.3 Å². The van der Waals surface area contributed by atoms with Crippen molar-refractivity contribution in [2.45, 2.75) is 83.8 Å². The van der Waals surface area contributed by atoms with Gasteiger partial charge in [0.05, 0.1) is 12.4 Å². The van der Waals surface area contributed by atoms with E-state index in [1.54, 1.807) is 6.33 Å². The maximum atomic E-state index is 13.4. The van der Waals surface area contributed by atoms with Crippen molar-refractivity contribution in [2.24, 2.45) is 11.8 Å². The lowest BCUT2D eigenvalue weighted by atomic mass is 9.90. The van der Waals surface area contributed by atoms with Gasteiger partial charge in [0.2, 0.25) is 11.8 Å². The number of hydrogen-bond donors (Lipinski definition) is 2. The van der Waals surface area contributed by atoms with Crippen LogP contribution in [0.2, 0.25) is 0 Å². The van der Waals surface area contributed by atoms with Crippen molar-refractivity contribution in [2.75, 3.05) is 19.7 Å². The van der Waals surface area contributed by atoms with Crippen LogP contribution in [0, 0.1) is 11.8 Å². The van der Waals surface area contributed by atoms with Crippen LogP contribution in [-0.2, 0) is 14.3 Å². The molecule has 0 spiro atoms. The van der Waals surface area contributed by atoms with Gasteiger partial charge in [-0.1, -0.05) is 33.1 Å². The van der Waals surface area contributed by atoms with Crippen LogP contribution in [0.15, 0.2) is 12.5 Å². The lowest BCUT2D eigenvalue weighted by Gasteiger charge is -2.36. The number of imidazole rings is 1. The van der Waals surface area contributed by atoms with Crippen LogP contribution >= 0.6 is 0 Å². The normalized spacial score (nSPS) is 20.9. The van der Waals surface area contributed by atoms with E-state index in [0.717, 1.165) is 18.5 Å². The fraction of sp³-hybridized carbons (Fsp3) is 0.783. The molecule has 1 aliphatic carbocycles. The average Bonchev–Trinajstić information content (AvgIpc) is 3.31. The maximum absolute atomic E-state index is 13.4. The van der Waals surface area contributed by atoms with Gasteiger partial charge in [0, 0.05) is 43.4 Å². The largest absolute Gasteiger partial charge is 0.376 e. The van der Waals surface area contributed by atoms with E-state index < -0.39 is 6.04 Å². The molecule has 0 aromatic carbocycles. The number of aromatic amines is 1. The van der Waals surface area contributed by atoms with E-state index >= 15 is 0 Å². The van der Waals surface area contributed by atoms with Gasteiger partial charge in [0.15, 0.2) is 0 Å². The van der Waals surface area contributed by atoms with Crippen molar-refractivity contribution in [3.05, 3.63) is 18.2 Å². The molecule has 1 aromatic heterocycles. The van der Waals surface area contributed by atoms with Crippen LogP contribution in [0.3, 0.4) is 0 Å². The minimum Gasteiger partial charge on any atom is -0.376 e. The van der Waals surface area contributed by atoms with Crippen LogP contribution in [0.5, 0.6) is 0 Å². The Morgan fingerprint density at radius 3 is 2.47 bits per heavy atom. The number of amides is 2. The maximum Gasteiger partial charge on any atom is 0.247 e. The number of carbonyl (C=O) groups excluding carboxylic acids is 2. The Kier molecular flexibility index (Phi) is 8.31. The summed E-state index contributed by atoms with van der Waals surface area (Å²) in [5.74, 6) is 0.678. The zero-order chi connectivity index (χ0) is 21.5. The highest BCUT2D eigenvalue weighted by molar-refractivity contribution is 5.88. The van der Waals surface area contributed by atoms with E-state index in [9.17, 15) is 9.59 Å². The zero-order valence-corrected chi connectivity index (χ0v) is 18.7. The molecule has 7 nitrogen and oxygen atoms in total. The third kappa shape index (κ3) is 6.06. The van der Waals surface area contributed by atoms with Crippen molar-refractivity contribution in [1.82, 2.24) is 20.2 Å². The Balaban J connectivity index is 1.58. The Bertz CT molecular complexity index is 662. The standard InChI is InChI=1S/C23H38N4O3/c1-16(2)22(28)26-21(17(3)30-14-18-7-5-4-6-8-18)23(29)27-11-9-19(10-12-27)20-13-24-15-25-20/h13,15-19,21H,4-12,14H2,1-3H3,(H,24,25)(H,26,28). The van der Waals surface area contributed by atoms with E-state index in [2.05, 4.69) is 15.3 Å². The van der Waals surface area contributed by atoms with E-state index in [-0.39, 0.29) is 23.8 Å². The van der Waals surface area contributed by atoms with Crippen LogP contribution in [0.25, 0.3) is 0 Å². The predicted octanol–water partition coefficient (Wildman–Crippen LogP) is 3.24. The first-order valence-corrected chi connectivity index (χ1v) is 11.6. The molecule has 30 heavy (non-hydrogen) atoms. The summed E-state index contributed by atoms with van der Waals surface area (Å²) >= 11 is 0. The Labute approximate surface area is 180 Å². The molecule has 2 fully saturated rings. The summed E-state index contributed by atoms with van der Waals surface area (Å²) in [6, 6.07) is -0.632. The van der Waals surface area contributed by atoms with Gasteiger partial charge in [-0.05, 0) is 38.5 Å². The molecule has 1 saturated carbocycles. The van der Waals surface area contributed by atoms with E-state index in [1.165, 1.54) is 32.1 Å². The molecule has 168 valence electrons. The minimum absolute atomic E-state index is 0.0248. The molecule has 1 aliphatic heterocycles. The second-order valence-corrected chi connectivity index (χ2v) is 9.29. The number of nitrogens with zero attached hydrogens (tertiary/aromatic N) is 2. The number of nitrogens with one attached hydrogen (secondary N) is 2. The molecular formula is C23H38N4O3. The molecule has 0 bridgehead atoms. The third-order valence-electron chi connectivity index (χ3n) is 6.64. The highest BCUT2D eigenvalue weighted by atomic mass is 16.5. The SMILES string of the molecule is CC(C)C(=O)NC(C(=O)N1CCC(c2cnc[nH]2)CC1)C(C)OCC1CCCCC1. The summed E-state index contributed by atoms with van der Waals surface area (Å²) in [6.07, 6.45) is 11.3. The number of likely N-dealkylation sites (tertiary alicyclic amines) is 1. The van der Waals surface area contributed by atoms with Gasteiger partial charge in [-0.3, -0.25) is 9.59 Å². The molecule has 2 amide bonds. The summed E-state index contributed by atoms with van der Waals surface area (Å²) in [5, 5.41) is 2.97. The number of aromatic nitrogens is 2. The second-order valence-electron chi connectivity index (χ2n) is 9.29. The second kappa shape index (κ2) is 10.9. The first-order valence-electron chi connectivity index (χ1n) is 11.6. The fourth-order valence-electron chi connectivity index (χ4n) is 4.54. The van der Waals surface area contributed by atoms with E-state index in [4.69, 9.17) is 4.74 Å². The summed E-state index contributed by atoms with van der Waals surface area (Å²) in [5.41, 5.74) is 1.14. The molecule has 2 heterocycles. The van der Waals surface area contributed by atoms with Gasteiger partial charge in [0.25, 0.3) is 0 Å². The summed E-state index contributed by atoms with van der Waals surface area (Å²) in [4.78, 5) is 34.9. The zero-order valence-electron chi connectivity index (χ0n) is 18.7. The lowest BCUT2D eigenvalue weighted by Crippen LogP contribution is -2.56. The first-order chi connectivity index (χ1) is 14.5. The summed E-state index contributed by atoms with van der Waals surface area (Å²) in [6.45, 7) is 7.66. The number of rotatable bonds is 8. The van der Waals surface area contributed by atoms with Crippen molar-refractivity contribution in [3.63, 3.8) is 0 Å². The smallest absolute Gasteiger partial charge is 0.247 e. The number of carbonyl (C=O) groups is 2. The monoisotopic (exact) mass is 418 g/mol. The van der Waals surface area contributed by atoms with E-state index in [0.29, 0.717) is 31.5 Å². The molecule has 7 heteroatoms. The Morgan fingerprint density at radius 2 is 1.87 bits per heavy atom. The van der Waals surface area contributed by atoms with Crippen molar-refractivity contribution >= 4 is 11.8 Å². The molecule has 3 rings (SSSR count). The number of ether oxygens (including phenoxy) is 1. The van der Waals surface area contributed by atoms with Crippen molar-refractivity contribution in [3.8, 4) is 0 Å². The number of H-pyrrole nitrogens is 1. The molecule has 0 radical (unpaired) electrons. The fourth-order valence-corrected chi connectivity index (χ4v) is 4.54. The van der Waals surface area contributed by atoms with Gasteiger partial charge < -0.3 is 19.9 Å². The van der Waals surface area contributed by atoms with Gasteiger partial charge in [-0.2, -0.15) is 0 Å². The quantitative estimate of drug-likeness (QED) is 0.678. The number of piperidine rings is 1. The summed E-state index contributed by atoms with van der Waals surface area (Å²) in [7, 11) is 0. The van der Waals surface area contributed by atoms with Gasteiger partial charge in [-0.15, -0.1) is 0 Å². The predicted molar refractivity (Wildman–Crippen MR) is 116 cm³/mol. The molecule has 1 aromatic rings. The third-order valence-corrected chi connectivity index (χ3v) is 6.64. The van der Waals surface area contributed by atoms with Crippen LogP contribution in [0.4, 0.5) is 0 Å². The van der Waals surface area contributed by atoms with Crippen LogP contribution < -0.4 is 5.32 Å². The molecule has 1 saturated heterocycles. The van der Waals surface area contributed by atoms with Crippen LogP contribution in [0.1, 0.15) is 77.3 Å². The lowest BCUT2D eigenvalue weighted by molar-refractivity contribution is -0.142. The Morgan fingerprint density at radius 1 is 1.17 bits per heavy atom. The Hall–Kier alpha value is -1.89. The van der Waals surface area contributed by atoms with Crippen molar-refractivity contribution in [1.29, 1.82) is 0 Å². The van der Waals surface area contributed by atoms with Gasteiger partial charge >= 0.3 is 0 Å². The molecular weight excluding hydrogens is 380 g/mol.